The number of nitrogens with one attached hydrogen (secondary N) is 1. The van der Waals surface area contributed by atoms with Crippen LogP contribution in [0.2, 0.25) is 0 Å². The number of carbonyl (C=O) groups is 1. The van der Waals surface area contributed by atoms with Crippen molar-refractivity contribution in [1.82, 2.24) is 4.98 Å². The predicted octanol–water partition coefficient (Wildman–Crippen LogP) is 2.43. The van der Waals surface area contributed by atoms with Crippen LogP contribution in [0.1, 0.15) is 10.4 Å². The minimum atomic E-state index is -3.93. The molecule has 1 heterocycles. The first-order valence-corrected chi connectivity index (χ1v) is 8.03. The zero-order chi connectivity index (χ0) is 15.5. The van der Waals surface area contributed by atoms with Crippen LogP contribution >= 0.6 is 15.9 Å². The van der Waals surface area contributed by atoms with Crippen molar-refractivity contribution in [3.8, 4) is 0 Å². The average Bonchev–Trinajstić information content (AvgIpc) is 2.48. The van der Waals surface area contributed by atoms with E-state index in [-0.39, 0.29) is 10.5 Å². The van der Waals surface area contributed by atoms with Crippen molar-refractivity contribution in [2.45, 2.75) is 4.90 Å². The van der Waals surface area contributed by atoms with Gasteiger partial charge in [-0.25, -0.2) is 13.2 Å². The third kappa shape index (κ3) is 3.40. The van der Waals surface area contributed by atoms with E-state index in [2.05, 4.69) is 30.4 Å². The highest BCUT2D eigenvalue weighted by Gasteiger charge is 2.23. The quantitative estimate of drug-likeness (QED) is 0.835. The highest BCUT2D eigenvalue weighted by molar-refractivity contribution is 9.10. The monoisotopic (exact) mass is 370 g/mol. The second kappa shape index (κ2) is 6.23. The number of hydrogen-bond acceptors (Lipinski definition) is 5. The Morgan fingerprint density at radius 3 is 2.67 bits per heavy atom. The molecule has 0 aliphatic heterocycles. The average molecular weight is 371 g/mol. The molecule has 2 rings (SSSR count). The Morgan fingerprint density at radius 2 is 2.00 bits per heavy atom. The van der Waals surface area contributed by atoms with Crippen LogP contribution < -0.4 is 4.72 Å². The minimum Gasteiger partial charge on any atom is -0.465 e. The second-order valence-corrected chi connectivity index (χ2v) is 6.45. The van der Waals surface area contributed by atoms with Gasteiger partial charge in [0.2, 0.25) is 0 Å². The molecule has 1 N–H and O–H groups in total. The maximum Gasteiger partial charge on any atom is 0.339 e. The summed E-state index contributed by atoms with van der Waals surface area (Å²) in [4.78, 5) is 15.4. The molecule has 0 atom stereocenters. The van der Waals surface area contributed by atoms with Crippen molar-refractivity contribution >= 4 is 37.6 Å². The molecule has 0 amide bonds. The van der Waals surface area contributed by atoms with Crippen LogP contribution in [0.4, 0.5) is 5.69 Å². The van der Waals surface area contributed by atoms with E-state index in [1.165, 1.54) is 43.8 Å². The van der Waals surface area contributed by atoms with Crippen LogP contribution in [0.3, 0.4) is 0 Å². The second-order valence-electron chi connectivity index (χ2n) is 3.95. The van der Waals surface area contributed by atoms with Gasteiger partial charge in [-0.15, -0.1) is 0 Å². The van der Waals surface area contributed by atoms with Crippen molar-refractivity contribution in [3.63, 3.8) is 0 Å². The number of pyridine rings is 1. The standard InChI is InChI=1S/C13H11BrN2O4S/c1-20-13(17)9-4-2-3-5-12(9)21(18,19)16-11-6-7-15-8-10(11)14/h2-8H,1H3,(H,15,16). The van der Waals surface area contributed by atoms with E-state index in [1.54, 1.807) is 6.07 Å². The Kier molecular flexibility index (Phi) is 4.59. The van der Waals surface area contributed by atoms with Gasteiger partial charge in [-0.1, -0.05) is 12.1 Å². The number of methoxy groups -OCH3 is 1. The molecule has 8 heteroatoms. The fraction of sp³-hybridized carbons (Fsp3) is 0.0769. The van der Waals surface area contributed by atoms with Crippen LogP contribution in [0, 0.1) is 0 Å². The molecule has 110 valence electrons. The SMILES string of the molecule is COC(=O)c1ccccc1S(=O)(=O)Nc1ccncc1Br. The molecular formula is C13H11BrN2O4S. The van der Waals surface area contributed by atoms with Crippen molar-refractivity contribution in [2.24, 2.45) is 0 Å². The van der Waals surface area contributed by atoms with E-state index in [0.29, 0.717) is 10.2 Å². The molecule has 0 unspecified atom stereocenters. The highest BCUT2D eigenvalue weighted by atomic mass is 79.9. The molecule has 0 saturated heterocycles. The Labute approximate surface area is 130 Å². The Morgan fingerprint density at radius 1 is 1.29 bits per heavy atom. The van der Waals surface area contributed by atoms with Gasteiger partial charge in [-0.3, -0.25) is 9.71 Å². The first-order chi connectivity index (χ1) is 9.95. The van der Waals surface area contributed by atoms with Gasteiger partial charge in [0.25, 0.3) is 10.0 Å². The highest BCUT2D eigenvalue weighted by Crippen LogP contribution is 2.25. The van der Waals surface area contributed by atoms with E-state index in [4.69, 9.17) is 0 Å². The molecular weight excluding hydrogens is 360 g/mol. The summed E-state index contributed by atoms with van der Waals surface area (Å²) in [6, 6.07) is 7.32. The molecule has 0 radical (unpaired) electrons. The minimum absolute atomic E-state index is 0.0299. The van der Waals surface area contributed by atoms with E-state index in [1.807, 2.05) is 0 Å². The molecule has 6 nitrogen and oxygen atoms in total. The fourth-order valence-electron chi connectivity index (χ4n) is 1.64. The zero-order valence-corrected chi connectivity index (χ0v) is 13.3. The summed E-state index contributed by atoms with van der Waals surface area (Å²) in [7, 11) is -2.74. The number of rotatable bonds is 4. The summed E-state index contributed by atoms with van der Waals surface area (Å²) in [6.07, 6.45) is 2.92. The molecule has 0 aliphatic carbocycles. The van der Waals surface area contributed by atoms with Crippen LogP contribution in [-0.4, -0.2) is 26.5 Å². The maximum absolute atomic E-state index is 12.4. The normalized spacial score (nSPS) is 11.0. The lowest BCUT2D eigenvalue weighted by Crippen LogP contribution is -2.17. The Balaban J connectivity index is 2.46. The fourth-order valence-corrected chi connectivity index (χ4v) is 3.39. The molecule has 0 aliphatic rings. The first-order valence-electron chi connectivity index (χ1n) is 5.75. The zero-order valence-electron chi connectivity index (χ0n) is 10.9. The van der Waals surface area contributed by atoms with Gasteiger partial charge in [0, 0.05) is 12.4 Å². The smallest absolute Gasteiger partial charge is 0.339 e. The molecule has 1 aromatic heterocycles. The molecule has 21 heavy (non-hydrogen) atoms. The molecule has 0 spiro atoms. The van der Waals surface area contributed by atoms with Crippen LogP contribution in [0.25, 0.3) is 0 Å². The van der Waals surface area contributed by atoms with Gasteiger partial charge >= 0.3 is 5.97 Å². The third-order valence-electron chi connectivity index (χ3n) is 2.60. The molecule has 2 aromatic rings. The molecule has 0 saturated carbocycles. The predicted molar refractivity (Wildman–Crippen MR) is 80.5 cm³/mol. The number of nitrogens with zero attached hydrogens (tertiary/aromatic N) is 1. The Bertz CT molecular complexity index is 777. The number of hydrogen-bond donors (Lipinski definition) is 1. The van der Waals surface area contributed by atoms with Gasteiger partial charge in [0.15, 0.2) is 0 Å². The number of carbonyl (C=O) groups excluding carboxylic acids is 1. The summed E-state index contributed by atoms with van der Waals surface area (Å²) >= 11 is 3.20. The number of aromatic nitrogens is 1. The van der Waals surface area contributed by atoms with Crippen molar-refractivity contribution < 1.29 is 17.9 Å². The van der Waals surface area contributed by atoms with Gasteiger partial charge in [-0.05, 0) is 34.1 Å². The van der Waals surface area contributed by atoms with E-state index < -0.39 is 16.0 Å². The van der Waals surface area contributed by atoms with Gasteiger partial charge in [0.05, 0.1) is 22.8 Å². The van der Waals surface area contributed by atoms with Crippen LogP contribution in [-0.2, 0) is 14.8 Å². The van der Waals surface area contributed by atoms with E-state index in [0.717, 1.165) is 0 Å². The van der Waals surface area contributed by atoms with Gasteiger partial charge in [0.1, 0.15) is 4.90 Å². The van der Waals surface area contributed by atoms with Crippen molar-refractivity contribution in [1.29, 1.82) is 0 Å². The summed E-state index contributed by atoms with van der Waals surface area (Å²) in [6.45, 7) is 0. The topological polar surface area (TPSA) is 85.4 Å². The van der Waals surface area contributed by atoms with Gasteiger partial charge < -0.3 is 4.74 Å². The molecule has 0 fully saturated rings. The van der Waals surface area contributed by atoms with Crippen molar-refractivity contribution in [2.75, 3.05) is 11.8 Å². The maximum atomic E-state index is 12.4. The van der Waals surface area contributed by atoms with Gasteiger partial charge in [-0.2, -0.15) is 0 Å². The lowest BCUT2D eigenvalue weighted by atomic mass is 10.2. The summed E-state index contributed by atoms with van der Waals surface area (Å²) in [5.41, 5.74) is 0.294. The lowest BCUT2D eigenvalue weighted by molar-refractivity contribution is 0.0596. The van der Waals surface area contributed by atoms with E-state index in [9.17, 15) is 13.2 Å². The summed E-state index contributed by atoms with van der Waals surface area (Å²) in [5.74, 6) is -0.718. The third-order valence-corrected chi connectivity index (χ3v) is 4.65. The molecule has 0 bridgehead atoms. The number of halogens is 1. The number of ether oxygens (including phenoxy) is 1. The lowest BCUT2D eigenvalue weighted by Gasteiger charge is -2.11. The number of anilines is 1. The van der Waals surface area contributed by atoms with Crippen LogP contribution in [0.5, 0.6) is 0 Å². The molecule has 1 aromatic carbocycles. The number of sulfonamides is 1. The van der Waals surface area contributed by atoms with Crippen molar-refractivity contribution in [3.05, 3.63) is 52.8 Å². The summed E-state index contributed by atoms with van der Waals surface area (Å²) < 4.78 is 32.4. The Hall–Kier alpha value is -1.93. The number of esters is 1. The van der Waals surface area contributed by atoms with Crippen LogP contribution in [0.15, 0.2) is 52.1 Å². The van der Waals surface area contributed by atoms with E-state index >= 15 is 0 Å². The number of benzene rings is 1. The largest absolute Gasteiger partial charge is 0.465 e. The summed E-state index contributed by atoms with van der Waals surface area (Å²) in [5, 5.41) is 0. The first kappa shape index (κ1) is 15.5.